The fourth-order valence-corrected chi connectivity index (χ4v) is 3.26. The van der Waals surface area contributed by atoms with Crippen LogP contribution < -0.4 is 5.32 Å². The Labute approximate surface area is 118 Å². The van der Waals surface area contributed by atoms with Gasteiger partial charge in [-0.2, -0.15) is 0 Å². The second-order valence-electron chi connectivity index (χ2n) is 3.67. The van der Waals surface area contributed by atoms with Gasteiger partial charge in [0.15, 0.2) is 5.22 Å². The number of halogens is 2. The minimum atomic E-state index is 0.0822. The lowest BCUT2D eigenvalue weighted by atomic mass is 10.2. The largest absolute Gasteiger partial charge is 0.448 e. The summed E-state index contributed by atoms with van der Waals surface area (Å²) in [6.45, 7) is 3.09. The Balaban J connectivity index is 2.24. The molecule has 2 rings (SSSR count). The SMILES string of the molecule is CCCNC(c1ccc(Cl)o1)c1ccc(Br)s1. The Morgan fingerprint density at radius 3 is 2.76 bits per heavy atom. The Kier molecular flexibility index (Phi) is 4.68. The maximum atomic E-state index is 5.83. The highest BCUT2D eigenvalue weighted by molar-refractivity contribution is 9.11. The lowest BCUT2D eigenvalue weighted by molar-refractivity contribution is 0.451. The van der Waals surface area contributed by atoms with Gasteiger partial charge in [-0.15, -0.1) is 11.3 Å². The third-order valence-corrected chi connectivity index (χ3v) is 4.25. The van der Waals surface area contributed by atoms with Gasteiger partial charge in [0.1, 0.15) is 11.8 Å². The van der Waals surface area contributed by atoms with E-state index >= 15 is 0 Å². The highest BCUT2D eigenvalue weighted by atomic mass is 79.9. The normalized spacial score (nSPS) is 12.9. The van der Waals surface area contributed by atoms with E-state index in [-0.39, 0.29) is 6.04 Å². The van der Waals surface area contributed by atoms with E-state index in [1.165, 1.54) is 4.88 Å². The predicted molar refractivity (Wildman–Crippen MR) is 75.9 cm³/mol. The van der Waals surface area contributed by atoms with Gasteiger partial charge in [-0.3, -0.25) is 0 Å². The fraction of sp³-hybridized carbons (Fsp3) is 0.333. The Morgan fingerprint density at radius 2 is 2.24 bits per heavy atom. The highest BCUT2D eigenvalue weighted by Gasteiger charge is 2.18. The molecule has 0 radical (unpaired) electrons. The summed E-state index contributed by atoms with van der Waals surface area (Å²) in [5.41, 5.74) is 0. The minimum absolute atomic E-state index is 0.0822. The summed E-state index contributed by atoms with van der Waals surface area (Å²) in [6.07, 6.45) is 1.08. The summed E-state index contributed by atoms with van der Waals surface area (Å²) in [7, 11) is 0. The molecule has 0 saturated heterocycles. The topological polar surface area (TPSA) is 25.2 Å². The molecule has 17 heavy (non-hydrogen) atoms. The van der Waals surface area contributed by atoms with E-state index in [4.69, 9.17) is 16.0 Å². The zero-order valence-corrected chi connectivity index (χ0v) is 12.5. The van der Waals surface area contributed by atoms with Crippen molar-refractivity contribution in [2.75, 3.05) is 6.54 Å². The summed E-state index contributed by atoms with van der Waals surface area (Å²) < 4.78 is 6.62. The summed E-state index contributed by atoms with van der Waals surface area (Å²) in [5, 5.41) is 3.90. The van der Waals surface area contributed by atoms with Gasteiger partial charge in [-0.1, -0.05) is 6.92 Å². The highest BCUT2D eigenvalue weighted by Crippen LogP contribution is 2.32. The molecule has 92 valence electrons. The van der Waals surface area contributed by atoms with E-state index in [0.717, 1.165) is 22.5 Å². The standard InChI is InChI=1S/C12H13BrClNOS/c1-2-7-15-12(8-3-6-11(14)16-8)9-4-5-10(13)17-9/h3-6,12,15H,2,7H2,1H3. The van der Waals surface area contributed by atoms with Crippen molar-refractivity contribution in [3.63, 3.8) is 0 Å². The minimum Gasteiger partial charge on any atom is -0.448 e. The molecule has 5 heteroatoms. The van der Waals surface area contributed by atoms with Gasteiger partial charge < -0.3 is 9.73 Å². The van der Waals surface area contributed by atoms with Crippen LogP contribution in [-0.2, 0) is 0 Å². The summed E-state index contributed by atoms with van der Waals surface area (Å²) in [4.78, 5) is 1.22. The van der Waals surface area contributed by atoms with Gasteiger partial charge in [0, 0.05) is 4.88 Å². The molecule has 0 fully saturated rings. The van der Waals surface area contributed by atoms with Crippen LogP contribution in [0.4, 0.5) is 0 Å². The van der Waals surface area contributed by atoms with Crippen molar-refractivity contribution in [1.29, 1.82) is 0 Å². The first-order valence-corrected chi connectivity index (χ1v) is 7.43. The zero-order valence-electron chi connectivity index (χ0n) is 9.37. The molecule has 0 aromatic carbocycles. The van der Waals surface area contributed by atoms with Gasteiger partial charge in [0.05, 0.1) is 3.79 Å². The van der Waals surface area contributed by atoms with E-state index in [1.54, 1.807) is 17.4 Å². The van der Waals surface area contributed by atoms with E-state index in [1.807, 2.05) is 12.1 Å². The van der Waals surface area contributed by atoms with Gasteiger partial charge in [0.25, 0.3) is 0 Å². The monoisotopic (exact) mass is 333 g/mol. The quantitative estimate of drug-likeness (QED) is 0.846. The van der Waals surface area contributed by atoms with E-state index in [2.05, 4.69) is 34.2 Å². The lowest BCUT2D eigenvalue weighted by Crippen LogP contribution is -2.21. The fourth-order valence-electron chi connectivity index (χ4n) is 1.60. The Bertz CT molecular complexity index is 442. The third-order valence-electron chi connectivity index (χ3n) is 2.36. The second kappa shape index (κ2) is 6.05. The molecule has 1 unspecified atom stereocenters. The van der Waals surface area contributed by atoms with Crippen LogP contribution in [0.1, 0.15) is 30.0 Å². The molecule has 0 spiro atoms. The molecule has 1 atom stereocenters. The maximum absolute atomic E-state index is 5.83. The van der Waals surface area contributed by atoms with Crippen LogP contribution in [0.25, 0.3) is 0 Å². The van der Waals surface area contributed by atoms with Crippen molar-refractivity contribution >= 4 is 38.9 Å². The van der Waals surface area contributed by atoms with Gasteiger partial charge in [-0.05, 0) is 64.8 Å². The molecule has 2 aromatic rings. The Morgan fingerprint density at radius 1 is 1.41 bits per heavy atom. The van der Waals surface area contributed by atoms with Gasteiger partial charge in [-0.25, -0.2) is 0 Å². The molecule has 2 nitrogen and oxygen atoms in total. The molecular formula is C12H13BrClNOS. The molecule has 2 heterocycles. The first-order valence-electron chi connectivity index (χ1n) is 5.44. The molecule has 1 N–H and O–H groups in total. The molecular weight excluding hydrogens is 322 g/mol. The maximum Gasteiger partial charge on any atom is 0.193 e. The van der Waals surface area contributed by atoms with Crippen LogP contribution in [0.2, 0.25) is 5.22 Å². The lowest BCUT2D eigenvalue weighted by Gasteiger charge is -2.14. The van der Waals surface area contributed by atoms with Crippen molar-refractivity contribution in [1.82, 2.24) is 5.32 Å². The molecule has 0 amide bonds. The third kappa shape index (κ3) is 3.35. The van der Waals surface area contributed by atoms with Crippen molar-refractivity contribution in [2.45, 2.75) is 19.4 Å². The van der Waals surface area contributed by atoms with Crippen LogP contribution in [-0.4, -0.2) is 6.54 Å². The van der Waals surface area contributed by atoms with Crippen LogP contribution in [0, 0.1) is 0 Å². The first-order chi connectivity index (χ1) is 8.20. The average Bonchev–Trinajstić information content (AvgIpc) is 2.89. The Hall–Kier alpha value is -0.290. The van der Waals surface area contributed by atoms with Crippen LogP contribution in [0.15, 0.2) is 32.5 Å². The van der Waals surface area contributed by atoms with E-state index in [9.17, 15) is 0 Å². The van der Waals surface area contributed by atoms with Crippen molar-refractivity contribution in [2.24, 2.45) is 0 Å². The van der Waals surface area contributed by atoms with Crippen molar-refractivity contribution in [3.05, 3.63) is 43.9 Å². The molecule has 2 aromatic heterocycles. The van der Waals surface area contributed by atoms with E-state index in [0.29, 0.717) is 5.22 Å². The van der Waals surface area contributed by atoms with Crippen molar-refractivity contribution < 1.29 is 4.42 Å². The summed E-state index contributed by atoms with van der Waals surface area (Å²) >= 11 is 11.0. The van der Waals surface area contributed by atoms with Crippen LogP contribution in [0.3, 0.4) is 0 Å². The molecule has 0 saturated carbocycles. The van der Waals surface area contributed by atoms with Crippen LogP contribution in [0.5, 0.6) is 0 Å². The number of thiophene rings is 1. The number of rotatable bonds is 5. The number of hydrogen-bond donors (Lipinski definition) is 1. The number of hydrogen-bond acceptors (Lipinski definition) is 3. The van der Waals surface area contributed by atoms with Crippen molar-refractivity contribution in [3.8, 4) is 0 Å². The molecule has 0 aliphatic carbocycles. The van der Waals surface area contributed by atoms with E-state index < -0.39 is 0 Å². The zero-order chi connectivity index (χ0) is 12.3. The second-order valence-corrected chi connectivity index (χ2v) is 6.54. The number of furan rings is 1. The summed E-state index contributed by atoms with van der Waals surface area (Å²) in [6, 6.07) is 7.92. The molecule has 0 aliphatic rings. The van der Waals surface area contributed by atoms with Crippen LogP contribution >= 0.6 is 38.9 Å². The smallest absolute Gasteiger partial charge is 0.193 e. The average molecular weight is 335 g/mol. The summed E-state index contributed by atoms with van der Waals surface area (Å²) in [5.74, 6) is 0.859. The van der Waals surface area contributed by atoms with Gasteiger partial charge in [0.2, 0.25) is 0 Å². The number of nitrogens with one attached hydrogen (secondary N) is 1. The molecule has 0 bridgehead atoms. The first kappa shape index (κ1) is 13.1. The molecule has 0 aliphatic heterocycles. The van der Waals surface area contributed by atoms with Gasteiger partial charge >= 0.3 is 0 Å². The predicted octanol–water partition coefficient (Wildman–Crippen LogP) is 4.85.